The van der Waals surface area contributed by atoms with Crippen molar-refractivity contribution in [1.82, 2.24) is 31.5 Å². The van der Waals surface area contributed by atoms with Gasteiger partial charge >= 0.3 is 5.97 Å². The van der Waals surface area contributed by atoms with Gasteiger partial charge in [-0.2, -0.15) is 0 Å². The molecule has 7 amide bonds. The molecule has 434 valence electrons. The molecule has 3 aromatic rings. The molecule has 82 heavy (non-hydrogen) atoms. The van der Waals surface area contributed by atoms with E-state index in [0.29, 0.717) is 24.8 Å². The van der Waals surface area contributed by atoms with E-state index in [0.717, 1.165) is 43.8 Å². The zero-order chi connectivity index (χ0) is 59.0. The van der Waals surface area contributed by atoms with Crippen LogP contribution < -0.4 is 26.6 Å². The average molecular weight is 1180 g/mol. The van der Waals surface area contributed by atoms with Crippen molar-refractivity contribution in [3.8, 4) is 0 Å². The topological polar surface area (TPSA) is 273 Å². The molecular formula is C60H67ClN6O13S2. The highest BCUT2D eigenvalue weighted by Gasteiger charge is 2.76. The van der Waals surface area contributed by atoms with Gasteiger partial charge in [-0.25, -0.2) is 0 Å². The highest BCUT2D eigenvalue weighted by molar-refractivity contribution is 8.08. The Bertz CT molecular complexity index is 3030. The van der Waals surface area contributed by atoms with Gasteiger partial charge in [0.2, 0.25) is 35.3 Å². The molecule has 0 unspecified atom stereocenters. The fraction of sp³-hybridized carbons (Fsp3) is 0.433. The van der Waals surface area contributed by atoms with Crippen LogP contribution in [0.4, 0.5) is 0 Å². The molecule has 0 spiro atoms. The lowest BCUT2D eigenvalue weighted by atomic mass is 9.45. The third kappa shape index (κ3) is 12.7. The van der Waals surface area contributed by atoms with E-state index in [2.05, 4.69) is 26.6 Å². The van der Waals surface area contributed by atoms with Crippen LogP contribution in [-0.4, -0.2) is 131 Å². The third-order valence-corrected chi connectivity index (χ3v) is 19.8. The third-order valence-electron chi connectivity index (χ3n) is 16.6. The number of nitrogens with one attached hydrogen (secondary N) is 5. The summed E-state index contributed by atoms with van der Waals surface area (Å²) in [4.78, 5) is 135. The SMILES string of the molecule is CCC(=O)O[C@]1(C(=O)COCNC(=O)CNC(=O)[C@H](Cc2ccccc2)NC(=O)CNC(=O)CNC(=O)CCN2C(=O)C(Sc3ccccc3)=C(Sc3ccccc3)C2=O)[C@H](C)C[C@H]2[C@@H]3CCC4=CC(=O)C=C[C@]4(C)[C@@]3(Cl)[C@@H](O)C[C@@]21C. The molecule has 5 aliphatic rings. The van der Waals surface area contributed by atoms with Gasteiger partial charge in [-0.05, 0) is 79.5 Å². The number of hydrogen-bond donors (Lipinski definition) is 6. The van der Waals surface area contributed by atoms with Crippen molar-refractivity contribution >= 4 is 94.0 Å². The predicted molar refractivity (Wildman–Crippen MR) is 305 cm³/mol. The number of allylic oxidation sites excluding steroid dienone is 4. The summed E-state index contributed by atoms with van der Waals surface area (Å²) < 4.78 is 11.9. The van der Waals surface area contributed by atoms with Crippen molar-refractivity contribution in [2.45, 2.75) is 105 Å². The lowest BCUT2D eigenvalue weighted by Crippen LogP contribution is -2.69. The molecule has 1 heterocycles. The molecule has 0 bridgehead atoms. The predicted octanol–water partition coefficient (Wildman–Crippen LogP) is 4.86. The van der Waals surface area contributed by atoms with Gasteiger partial charge in [0, 0.05) is 52.3 Å². The van der Waals surface area contributed by atoms with Crippen LogP contribution in [0.3, 0.4) is 0 Å². The van der Waals surface area contributed by atoms with Gasteiger partial charge in [0.15, 0.2) is 11.4 Å². The molecule has 6 N–H and O–H groups in total. The minimum atomic E-state index is -1.71. The second-order valence-corrected chi connectivity index (χ2v) is 24.4. The standard InChI is InChI=1S/C60H67ClN6O13S2/c1-5-51(75)80-60(36(2)27-43-42-22-21-38-29-39(68)23-25-57(38,3)59(42,61)45(69)30-58(43,60)4)46(70)34-79-35-65-49(73)32-64-54(76)44(28-37-15-9-6-10-16-37)66-50(74)33-63-48(72)31-62-47(71)24-26-67-55(77)52(81-40-17-11-7-12-18-40)53(56(67)78)82-41-19-13-8-14-20-41/h6-20,23,25,29,36,42-45,69H,5,21-22,24,26-28,30-35H2,1-4H3,(H,62,71)(H,63,72)(H,64,76)(H,65,73)(H,66,74)/t36-,42+,43+,44+,45+,57+,58+,59+,60+/m1/s1. The molecule has 3 fully saturated rings. The second kappa shape index (κ2) is 26.1. The van der Waals surface area contributed by atoms with E-state index in [4.69, 9.17) is 21.1 Å². The van der Waals surface area contributed by atoms with Gasteiger partial charge in [0.05, 0.1) is 40.4 Å². The Morgan fingerprint density at radius 3 is 1.96 bits per heavy atom. The van der Waals surface area contributed by atoms with Gasteiger partial charge in [-0.1, -0.05) is 130 Å². The number of hydrogen-bond acceptors (Lipinski definition) is 15. The molecule has 1 aliphatic heterocycles. The molecule has 19 nitrogen and oxygen atoms in total. The fourth-order valence-electron chi connectivity index (χ4n) is 12.5. The van der Waals surface area contributed by atoms with Crippen molar-refractivity contribution in [2.75, 3.05) is 39.5 Å². The number of amides is 7. The molecule has 3 aromatic carbocycles. The first kappa shape index (κ1) is 61.2. The van der Waals surface area contributed by atoms with Crippen LogP contribution in [0, 0.1) is 28.6 Å². The Hall–Kier alpha value is -6.91. The van der Waals surface area contributed by atoms with Crippen molar-refractivity contribution in [1.29, 1.82) is 0 Å². The maximum absolute atomic E-state index is 14.6. The summed E-state index contributed by atoms with van der Waals surface area (Å²) in [5.74, 6) is -7.02. The van der Waals surface area contributed by atoms with Crippen LogP contribution in [0.15, 0.2) is 134 Å². The monoisotopic (exact) mass is 1180 g/mol. The highest BCUT2D eigenvalue weighted by atomic mass is 35.5. The van der Waals surface area contributed by atoms with Crippen LogP contribution in [0.2, 0.25) is 0 Å². The minimum absolute atomic E-state index is 0.00728. The number of esters is 1. The first-order valence-corrected chi connectivity index (χ1v) is 29.3. The van der Waals surface area contributed by atoms with Gasteiger partial charge in [-0.15, -0.1) is 11.6 Å². The molecule has 0 saturated heterocycles. The number of halogens is 1. The number of alkyl halides is 1. The summed E-state index contributed by atoms with van der Waals surface area (Å²) in [5.41, 5.74) is -2.10. The smallest absolute Gasteiger partial charge is 0.306 e. The molecule has 22 heteroatoms. The second-order valence-electron chi connectivity index (χ2n) is 21.6. The van der Waals surface area contributed by atoms with Crippen LogP contribution in [0.1, 0.15) is 71.8 Å². The Labute approximate surface area is 488 Å². The fourth-order valence-corrected chi connectivity index (χ4v) is 15.1. The Morgan fingerprint density at radius 2 is 1.34 bits per heavy atom. The number of aliphatic hydroxyl groups excluding tert-OH is 1. The van der Waals surface area contributed by atoms with Crippen molar-refractivity contribution < 1.29 is 62.5 Å². The summed E-state index contributed by atoms with van der Waals surface area (Å²) >= 11 is 9.95. The number of Topliss-reactive ketones (excluding diaryl/α,β-unsaturated/α-hetero) is 1. The minimum Gasteiger partial charge on any atom is -0.450 e. The summed E-state index contributed by atoms with van der Waals surface area (Å²) in [6.07, 6.45) is 5.00. The van der Waals surface area contributed by atoms with E-state index in [1.165, 1.54) is 6.08 Å². The van der Waals surface area contributed by atoms with Crippen molar-refractivity contribution in [3.05, 3.63) is 130 Å². The maximum atomic E-state index is 14.6. The van der Waals surface area contributed by atoms with E-state index in [9.17, 15) is 53.1 Å². The number of ketones is 2. The summed E-state index contributed by atoms with van der Waals surface area (Å²) in [6.45, 7) is 4.30. The Morgan fingerprint density at radius 1 is 0.768 bits per heavy atom. The van der Waals surface area contributed by atoms with Gasteiger partial charge in [-0.3, -0.25) is 52.8 Å². The largest absolute Gasteiger partial charge is 0.450 e. The number of imide groups is 1. The molecule has 8 rings (SSSR count). The number of ether oxygens (including phenoxy) is 2. The molecule has 3 saturated carbocycles. The quantitative estimate of drug-likeness (QED) is 0.0230. The van der Waals surface area contributed by atoms with Gasteiger partial charge in [0.25, 0.3) is 11.8 Å². The van der Waals surface area contributed by atoms with Crippen molar-refractivity contribution in [3.63, 3.8) is 0 Å². The molecule has 9 atom stereocenters. The average Bonchev–Trinajstić information content (AvgIpc) is 1.39. The number of fused-ring (bicyclic) bond motifs is 5. The highest BCUT2D eigenvalue weighted by Crippen LogP contribution is 2.72. The lowest BCUT2D eigenvalue weighted by molar-refractivity contribution is -0.203. The molecule has 0 aromatic heterocycles. The zero-order valence-electron chi connectivity index (χ0n) is 46.0. The van der Waals surface area contributed by atoms with E-state index >= 15 is 0 Å². The number of aliphatic hydroxyl groups is 1. The van der Waals surface area contributed by atoms with Gasteiger partial charge in [0.1, 0.15) is 19.4 Å². The van der Waals surface area contributed by atoms with Crippen LogP contribution in [0.5, 0.6) is 0 Å². The summed E-state index contributed by atoms with van der Waals surface area (Å²) in [6, 6.07) is 25.8. The molecule has 4 aliphatic carbocycles. The number of carbonyl (C=O) groups excluding carboxylic acids is 10. The van der Waals surface area contributed by atoms with E-state index in [1.807, 2.05) is 81.4 Å². The normalized spacial score (nSPS) is 26.6. The first-order valence-electron chi connectivity index (χ1n) is 27.3. The zero-order valence-corrected chi connectivity index (χ0v) is 48.3. The number of carbonyl (C=O) groups is 10. The number of benzene rings is 3. The maximum Gasteiger partial charge on any atom is 0.306 e. The van der Waals surface area contributed by atoms with Crippen LogP contribution in [0.25, 0.3) is 0 Å². The number of nitrogens with zero attached hydrogens (tertiary/aromatic N) is 1. The number of thioether (sulfide) groups is 2. The van der Waals surface area contributed by atoms with Crippen molar-refractivity contribution in [2.24, 2.45) is 28.6 Å². The van der Waals surface area contributed by atoms with E-state index in [1.54, 1.807) is 49.4 Å². The van der Waals surface area contributed by atoms with Crippen LogP contribution >= 0.6 is 35.1 Å². The summed E-state index contributed by atoms with van der Waals surface area (Å²) in [7, 11) is 0. The Kier molecular flexibility index (Phi) is 19.5. The molecular weight excluding hydrogens is 1110 g/mol. The Balaban J connectivity index is 0.798. The van der Waals surface area contributed by atoms with Gasteiger partial charge < -0.3 is 41.2 Å². The van der Waals surface area contributed by atoms with Crippen LogP contribution in [-0.2, 0) is 63.8 Å². The van der Waals surface area contributed by atoms with E-state index < -0.39 is 125 Å². The first-order chi connectivity index (χ1) is 39.1. The van der Waals surface area contributed by atoms with E-state index in [-0.39, 0.29) is 59.7 Å². The number of rotatable bonds is 24. The molecule has 0 radical (unpaired) electrons. The summed E-state index contributed by atoms with van der Waals surface area (Å²) in [5, 5.41) is 24.6. The lowest BCUT2D eigenvalue weighted by Gasteiger charge is -2.64.